The van der Waals surface area contributed by atoms with Gasteiger partial charge in [0.05, 0.1) is 6.61 Å². The van der Waals surface area contributed by atoms with E-state index in [9.17, 15) is 9.18 Å². The minimum atomic E-state index is -0.372. The lowest BCUT2D eigenvalue weighted by molar-refractivity contribution is 0.0965. The van der Waals surface area contributed by atoms with Gasteiger partial charge in [-0.25, -0.2) is 4.39 Å². The van der Waals surface area contributed by atoms with Crippen molar-refractivity contribution in [3.63, 3.8) is 0 Å². The highest BCUT2D eigenvalue weighted by atomic mass is 19.1. The van der Waals surface area contributed by atoms with E-state index in [1.54, 1.807) is 12.1 Å². The molecule has 102 valence electrons. The summed E-state index contributed by atoms with van der Waals surface area (Å²) in [4.78, 5) is 12.3. The molecule has 1 atom stereocenters. The second-order valence-electron chi connectivity index (χ2n) is 5.01. The summed E-state index contributed by atoms with van der Waals surface area (Å²) in [6, 6.07) is 13.7. The maximum Gasteiger partial charge on any atom is 0.163 e. The van der Waals surface area contributed by atoms with Gasteiger partial charge in [-0.05, 0) is 36.1 Å². The maximum absolute atomic E-state index is 13.2. The predicted molar refractivity (Wildman–Crippen MR) is 74.6 cm³/mol. The fourth-order valence-corrected chi connectivity index (χ4v) is 2.63. The molecule has 1 aliphatic rings. The number of hydrogen-bond acceptors (Lipinski definition) is 2. The fraction of sp³-hybridized carbons (Fsp3) is 0.235. The van der Waals surface area contributed by atoms with Crippen molar-refractivity contribution < 1.29 is 13.9 Å². The Kier molecular flexibility index (Phi) is 3.50. The number of hydrogen-bond donors (Lipinski definition) is 0. The molecule has 1 unspecified atom stereocenters. The molecule has 0 fully saturated rings. The van der Waals surface area contributed by atoms with Crippen LogP contribution in [0.3, 0.4) is 0 Å². The normalized spacial score (nSPS) is 17.1. The molecule has 2 nitrogen and oxygen atoms in total. The molecule has 2 aromatic carbocycles. The summed E-state index contributed by atoms with van der Waals surface area (Å²) in [6.45, 7) is 0.623. The van der Waals surface area contributed by atoms with Crippen molar-refractivity contribution in [3.8, 4) is 5.75 Å². The molecule has 20 heavy (non-hydrogen) atoms. The summed E-state index contributed by atoms with van der Waals surface area (Å²) in [7, 11) is 0. The van der Waals surface area contributed by atoms with E-state index in [0.717, 1.165) is 17.7 Å². The molecule has 0 aromatic heterocycles. The van der Waals surface area contributed by atoms with E-state index in [0.29, 0.717) is 18.6 Å². The van der Waals surface area contributed by atoms with Crippen LogP contribution in [0.5, 0.6) is 5.75 Å². The summed E-state index contributed by atoms with van der Waals surface area (Å²) in [5.74, 6) is 0.612. The van der Waals surface area contributed by atoms with Crippen LogP contribution in [-0.4, -0.2) is 12.4 Å². The summed E-state index contributed by atoms with van der Waals surface area (Å²) < 4.78 is 18.8. The molecule has 0 saturated heterocycles. The van der Waals surface area contributed by atoms with Crippen LogP contribution in [0.2, 0.25) is 0 Å². The number of ketones is 1. The minimum absolute atomic E-state index is 0.0220. The van der Waals surface area contributed by atoms with Crippen LogP contribution in [0, 0.1) is 5.82 Å². The molecule has 3 heteroatoms. The first-order valence-corrected chi connectivity index (χ1v) is 6.74. The first-order chi connectivity index (χ1) is 9.74. The highest BCUT2D eigenvalue weighted by Crippen LogP contribution is 2.36. The van der Waals surface area contributed by atoms with Crippen molar-refractivity contribution >= 4 is 5.78 Å². The Morgan fingerprint density at radius 1 is 1.20 bits per heavy atom. The SMILES string of the molecule is O=C(CC1CCOc2ccccc21)c1cccc(F)c1. The van der Waals surface area contributed by atoms with Gasteiger partial charge in [0.1, 0.15) is 11.6 Å². The Morgan fingerprint density at radius 3 is 2.90 bits per heavy atom. The average molecular weight is 270 g/mol. The van der Waals surface area contributed by atoms with Crippen LogP contribution in [0.25, 0.3) is 0 Å². The number of halogens is 1. The van der Waals surface area contributed by atoms with Crippen LogP contribution in [0.4, 0.5) is 4.39 Å². The number of Topliss-reactive ketones (excluding diaryl/α,β-unsaturated/α-hetero) is 1. The molecular formula is C17H15FO2. The number of carbonyl (C=O) groups excluding carboxylic acids is 1. The molecule has 0 spiro atoms. The number of benzene rings is 2. The molecule has 0 bridgehead atoms. The number of para-hydroxylation sites is 1. The third-order valence-corrected chi connectivity index (χ3v) is 3.66. The Labute approximate surface area is 117 Å². The second kappa shape index (κ2) is 5.45. The van der Waals surface area contributed by atoms with Gasteiger partial charge >= 0.3 is 0 Å². The maximum atomic E-state index is 13.2. The molecule has 0 radical (unpaired) electrons. The first kappa shape index (κ1) is 12.9. The third kappa shape index (κ3) is 2.57. The number of rotatable bonds is 3. The highest BCUT2D eigenvalue weighted by Gasteiger charge is 2.23. The lowest BCUT2D eigenvalue weighted by Crippen LogP contribution is -2.17. The summed E-state index contributed by atoms with van der Waals surface area (Å²) in [5.41, 5.74) is 1.51. The molecule has 3 rings (SSSR count). The van der Waals surface area contributed by atoms with Gasteiger partial charge in [0.2, 0.25) is 0 Å². The summed E-state index contributed by atoms with van der Waals surface area (Å²) in [5, 5.41) is 0. The van der Waals surface area contributed by atoms with Crippen LogP contribution in [0.1, 0.15) is 34.7 Å². The molecular weight excluding hydrogens is 255 g/mol. The quantitative estimate of drug-likeness (QED) is 0.789. The molecule has 1 aliphatic heterocycles. The number of fused-ring (bicyclic) bond motifs is 1. The highest BCUT2D eigenvalue weighted by molar-refractivity contribution is 5.96. The average Bonchev–Trinajstić information content (AvgIpc) is 2.47. The van der Waals surface area contributed by atoms with E-state index >= 15 is 0 Å². The van der Waals surface area contributed by atoms with Gasteiger partial charge in [0, 0.05) is 12.0 Å². The van der Waals surface area contributed by atoms with Gasteiger partial charge in [-0.1, -0.05) is 30.3 Å². The van der Waals surface area contributed by atoms with E-state index in [2.05, 4.69) is 0 Å². The number of ether oxygens (including phenoxy) is 1. The molecule has 1 heterocycles. The zero-order valence-corrected chi connectivity index (χ0v) is 11.0. The van der Waals surface area contributed by atoms with E-state index in [1.807, 2.05) is 24.3 Å². The van der Waals surface area contributed by atoms with Gasteiger partial charge < -0.3 is 4.74 Å². The lowest BCUT2D eigenvalue weighted by Gasteiger charge is -2.25. The van der Waals surface area contributed by atoms with Crippen molar-refractivity contribution in [2.45, 2.75) is 18.8 Å². The van der Waals surface area contributed by atoms with Gasteiger partial charge in [-0.3, -0.25) is 4.79 Å². The predicted octanol–water partition coefficient (Wildman–Crippen LogP) is 3.96. The van der Waals surface area contributed by atoms with Crippen molar-refractivity contribution in [2.24, 2.45) is 0 Å². The molecule has 0 N–H and O–H groups in total. The van der Waals surface area contributed by atoms with Crippen molar-refractivity contribution in [2.75, 3.05) is 6.61 Å². The van der Waals surface area contributed by atoms with Crippen molar-refractivity contribution in [1.82, 2.24) is 0 Å². The van der Waals surface area contributed by atoms with E-state index in [4.69, 9.17) is 4.74 Å². The molecule has 0 amide bonds. The Morgan fingerprint density at radius 2 is 2.05 bits per heavy atom. The second-order valence-corrected chi connectivity index (χ2v) is 5.01. The molecule has 2 aromatic rings. The molecule has 0 aliphatic carbocycles. The van der Waals surface area contributed by atoms with Gasteiger partial charge in [0.15, 0.2) is 5.78 Å². The Bertz CT molecular complexity index is 636. The van der Waals surface area contributed by atoms with Gasteiger partial charge in [-0.15, -0.1) is 0 Å². The minimum Gasteiger partial charge on any atom is -0.493 e. The van der Waals surface area contributed by atoms with Crippen molar-refractivity contribution in [1.29, 1.82) is 0 Å². The van der Waals surface area contributed by atoms with Crippen LogP contribution >= 0.6 is 0 Å². The number of carbonyl (C=O) groups is 1. The Balaban J connectivity index is 1.81. The monoisotopic (exact) mass is 270 g/mol. The fourth-order valence-electron chi connectivity index (χ4n) is 2.63. The lowest BCUT2D eigenvalue weighted by atomic mass is 9.87. The zero-order valence-electron chi connectivity index (χ0n) is 11.0. The Hall–Kier alpha value is -2.16. The van der Waals surface area contributed by atoms with Crippen LogP contribution < -0.4 is 4.74 Å². The van der Waals surface area contributed by atoms with Crippen LogP contribution in [-0.2, 0) is 0 Å². The summed E-state index contributed by atoms with van der Waals surface area (Å²) in [6.07, 6.45) is 1.21. The smallest absolute Gasteiger partial charge is 0.163 e. The van der Waals surface area contributed by atoms with E-state index in [-0.39, 0.29) is 17.5 Å². The standard InChI is InChI=1S/C17H15FO2/c18-14-5-3-4-13(10-14)16(19)11-12-8-9-20-17-7-2-1-6-15(12)17/h1-7,10,12H,8-9,11H2. The summed E-state index contributed by atoms with van der Waals surface area (Å²) >= 11 is 0. The van der Waals surface area contributed by atoms with Crippen LogP contribution in [0.15, 0.2) is 48.5 Å². The molecule has 0 saturated carbocycles. The third-order valence-electron chi connectivity index (χ3n) is 3.66. The van der Waals surface area contributed by atoms with E-state index < -0.39 is 0 Å². The van der Waals surface area contributed by atoms with Gasteiger partial charge in [-0.2, -0.15) is 0 Å². The van der Waals surface area contributed by atoms with E-state index in [1.165, 1.54) is 12.1 Å². The van der Waals surface area contributed by atoms with Gasteiger partial charge in [0.25, 0.3) is 0 Å². The topological polar surface area (TPSA) is 26.3 Å². The van der Waals surface area contributed by atoms with Crippen molar-refractivity contribution in [3.05, 3.63) is 65.5 Å². The zero-order chi connectivity index (χ0) is 13.9. The largest absolute Gasteiger partial charge is 0.493 e. The first-order valence-electron chi connectivity index (χ1n) is 6.74.